The monoisotopic (exact) mass is 327 g/mol. The van der Waals surface area contributed by atoms with Crippen molar-refractivity contribution in [2.45, 2.75) is 5.03 Å². The largest absolute Gasteiger partial charge is 0.283 e. The number of imidazole rings is 1. The zero-order chi connectivity index (χ0) is 14.3. The van der Waals surface area contributed by atoms with E-state index in [-0.39, 0.29) is 10.2 Å². The summed E-state index contributed by atoms with van der Waals surface area (Å²) in [4.78, 5) is 4.61. The summed E-state index contributed by atoms with van der Waals surface area (Å²) in [6.07, 6.45) is 1.64. The van der Waals surface area contributed by atoms with E-state index in [0.29, 0.717) is 10.6 Å². The van der Waals surface area contributed by atoms with Gasteiger partial charge in [0.1, 0.15) is 0 Å². The van der Waals surface area contributed by atoms with Crippen molar-refractivity contribution in [1.29, 1.82) is 0 Å². The number of fused-ring (bicyclic) bond motifs is 1. The topological polar surface area (TPSA) is 54.7 Å². The zero-order valence-electron chi connectivity index (χ0n) is 10.4. The van der Waals surface area contributed by atoms with Crippen LogP contribution >= 0.6 is 22.9 Å². The molecule has 5 nitrogen and oxygen atoms in total. The van der Waals surface area contributed by atoms with Crippen molar-refractivity contribution in [2.24, 2.45) is 0 Å². The first-order valence-corrected chi connectivity index (χ1v) is 8.36. The maximum absolute atomic E-state index is 12.7. The highest BCUT2D eigenvalue weighted by molar-refractivity contribution is 7.92. The fourth-order valence-electron chi connectivity index (χ4n) is 1.88. The number of hydrogen-bond acceptors (Lipinski definition) is 4. The van der Waals surface area contributed by atoms with Crippen LogP contribution in [0.3, 0.4) is 0 Å². The van der Waals surface area contributed by atoms with Gasteiger partial charge in [0.25, 0.3) is 10.0 Å². The van der Waals surface area contributed by atoms with E-state index in [1.54, 1.807) is 35.8 Å². The van der Waals surface area contributed by atoms with E-state index < -0.39 is 10.0 Å². The third-order valence-electron chi connectivity index (χ3n) is 2.90. The van der Waals surface area contributed by atoms with Gasteiger partial charge in [0.05, 0.1) is 5.69 Å². The van der Waals surface area contributed by atoms with E-state index in [4.69, 9.17) is 11.6 Å². The first kappa shape index (κ1) is 13.4. The number of nitrogens with zero attached hydrogens (tertiary/aromatic N) is 3. The van der Waals surface area contributed by atoms with Crippen LogP contribution in [0.4, 0.5) is 5.69 Å². The summed E-state index contributed by atoms with van der Waals surface area (Å²) < 4.78 is 28.1. The number of sulfonamides is 1. The average Bonchev–Trinajstić information content (AvgIpc) is 2.98. The Hall–Kier alpha value is -1.57. The number of anilines is 1. The Balaban J connectivity index is 2.17. The van der Waals surface area contributed by atoms with Gasteiger partial charge in [-0.1, -0.05) is 29.8 Å². The summed E-state index contributed by atoms with van der Waals surface area (Å²) in [5.41, 5.74) is 0.564. The number of rotatable bonds is 3. The van der Waals surface area contributed by atoms with E-state index >= 15 is 0 Å². The van der Waals surface area contributed by atoms with Crippen molar-refractivity contribution < 1.29 is 8.42 Å². The third-order valence-corrected chi connectivity index (χ3v) is 5.85. The standard InChI is InChI=1S/C12H10ClN3O2S2/c1-15(9-5-3-2-4-6-9)20(17,18)11-10(13)14-12-16(11)7-8-19-12/h2-8H,1H3. The number of benzene rings is 1. The normalized spacial score (nSPS) is 11.9. The fourth-order valence-corrected chi connectivity index (χ4v) is 4.47. The van der Waals surface area contributed by atoms with E-state index in [2.05, 4.69) is 4.98 Å². The molecule has 0 aliphatic rings. The van der Waals surface area contributed by atoms with Crippen molar-refractivity contribution in [3.05, 3.63) is 47.1 Å². The molecule has 1 aromatic carbocycles. The predicted octanol–water partition coefficient (Wildman–Crippen LogP) is 2.87. The van der Waals surface area contributed by atoms with E-state index in [1.165, 1.54) is 27.1 Å². The summed E-state index contributed by atoms with van der Waals surface area (Å²) >= 11 is 7.32. The molecular formula is C12H10ClN3O2S2. The van der Waals surface area contributed by atoms with Gasteiger partial charge in [0.15, 0.2) is 15.1 Å². The molecule has 0 saturated carbocycles. The van der Waals surface area contributed by atoms with E-state index in [1.807, 2.05) is 6.07 Å². The van der Waals surface area contributed by atoms with Gasteiger partial charge in [-0.2, -0.15) is 8.42 Å². The molecular weight excluding hydrogens is 318 g/mol. The van der Waals surface area contributed by atoms with Gasteiger partial charge in [0, 0.05) is 18.6 Å². The van der Waals surface area contributed by atoms with Crippen LogP contribution in [0.2, 0.25) is 5.15 Å². The van der Waals surface area contributed by atoms with Gasteiger partial charge in [-0.25, -0.2) is 4.98 Å². The van der Waals surface area contributed by atoms with Crippen LogP contribution in [0, 0.1) is 0 Å². The Bertz CT molecular complexity index is 855. The molecule has 8 heteroatoms. The highest BCUT2D eigenvalue weighted by atomic mass is 35.5. The minimum Gasteiger partial charge on any atom is -0.278 e. The SMILES string of the molecule is CN(c1ccccc1)S(=O)(=O)c1c(Cl)nc2sccn12. The molecule has 20 heavy (non-hydrogen) atoms. The van der Waals surface area contributed by atoms with Gasteiger partial charge >= 0.3 is 0 Å². The van der Waals surface area contributed by atoms with Gasteiger partial charge in [-0.15, -0.1) is 11.3 Å². The lowest BCUT2D eigenvalue weighted by atomic mass is 10.3. The summed E-state index contributed by atoms with van der Waals surface area (Å²) in [6.45, 7) is 0. The van der Waals surface area contributed by atoms with Crippen LogP contribution in [0.25, 0.3) is 4.96 Å². The van der Waals surface area contributed by atoms with Crippen LogP contribution in [-0.4, -0.2) is 24.9 Å². The van der Waals surface area contributed by atoms with Crippen LogP contribution < -0.4 is 4.31 Å². The van der Waals surface area contributed by atoms with Crippen molar-refractivity contribution >= 4 is 43.6 Å². The number of halogens is 1. The lowest BCUT2D eigenvalue weighted by molar-refractivity contribution is 0.590. The Morgan fingerprint density at radius 2 is 2.00 bits per heavy atom. The van der Waals surface area contributed by atoms with Crippen molar-refractivity contribution in [2.75, 3.05) is 11.4 Å². The minimum absolute atomic E-state index is 0.0123. The quantitative estimate of drug-likeness (QED) is 0.743. The molecule has 0 N–H and O–H groups in total. The summed E-state index contributed by atoms with van der Waals surface area (Å²) in [7, 11) is -2.27. The second-order valence-electron chi connectivity index (χ2n) is 4.07. The van der Waals surface area contributed by atoms with Crippen LogP contribution in [-0.2, 0) is 10.0 Å². The Labute approximate surface area is 125 Å². The summed E-state index contributed by atoms with van der Waals surface area (Å²) in [6, 6.07) is 8.82. The first-order chi connectivity index (χ1) is 9.51. The molecule has 2 heterocycles. The molecule has 2 aromatic heterocycles. The minimum atomic E-state index is -3.77. The average molecular weight is 328 g/mol. The molecule has 0 unspecified atom stereocenters. The summed E-state index contributed by atoms with van der Waals surface area (Å²) in [5, 5.41) is 1.74. The molecule has 0 bridgehead atoms. The number of aromatic nitrogens is 2. The first-order valence-electron chi connectivity index (χ1n) is 5.67. The molecule has 3 rings (SSSR count). The molecule has 104 valence electrons. The maximum atomic E-state index is 12.7. The van der Waals surface area contributed by atoms with Crippen molar-refractivity contribution in [3.8, 4) is 0 Å². The molecule has 0 radical (unpaired) electrons. The highest BCUT2D eigenvalue weighted by Gasteiger charge is 2.29. The molecule has 0 spiro atoms. The van der Waals surface area contributed by atoms with Crippen molar-refractivity contribution in [1.82, 2.24) is 9.38 Å². The van der Waals surface area contributed by atoms with Gasteiger partial charge in [-0.05, 0) is 12.1 Å². The number of hydrogen-bond donors (Lipinski definition) is 0. The molecule has 0 fully saturated rings. The Morgan fingerprint density at radius 3 is 2.70 bits per heavy atom. The summed E-state index contributed by atoms with van der Waals surface area (Å²) in [5.74, 6) is 0. The number of para-hydroxylation sites is 1. The molecule has 0 amide bonds. The zero-order valence-corrected chi connectivity index (χ0v) is 12.8. The van der Waals surface area contributed by atoms with Gasteiger partial charge < -0.3 is 0 Å². The molecule has 0 atom stereocenters. The molecule has 0 aliphatic heterocycles. The molecule has 0 saturated heterocycles. The second kappa shape index (κ2) is 4.76. The Kier molecular flexibility index (Phi) is 3.19. The smallest absolute Gasteiger partial charge is 0.278 e. The predicted molar refractivity (Wildman–Crippen MR) is 80.1 cm³/mol. The van der Waals surface area contributed by atoms with Crippen LogP contribution in [0.15, 0.2) is 46.9 Å². The van der Waals surface area contributed by atoms with Crippen molar-refractivity contribution in [3.63, 3.8) is 0 Å². The maximum Gasteiger partial charge on any atom is 0.283 e. The molecule has 3 aromatic rings. The fraction of sp³-hybridized carbons (Fsp3) is 0.0833. The number of thiazole rings is 1. The highest BCUT2D eigenvalue weighted by Crippen LogP contribution is 2.29. The van der Waals surface area contributed by atoms with E-state index in [0.717, 1.165) is 0 Å². The van der Waals surface area contributed by atoms with Gasteiger partial charge in [-0.3, -0.25) is 8.71 Å². The van der Waals surface area contributed by atoms with Crippen LogP contribution in [0.1, 0.15) is 0 Å². The molecule has 0 aliphatic carbocycles. The lowest BCUT2D eigenvalue weighted by Crippen LogP contribution is -2.27. The van der Waals surface area contributed by atoms with E-state index in [9.17, 15) is 8.42 Å². The Morgan fingerprint density at radius 1 is 1.30 bits per heavy atom. The second-order valence-corrected chi connectivity index (χ2v) is 7.19. The van der Waals surface area contributed by atoms with Crippen LogP contribution in [0.5, 0.6) is 0 Å². The van der Waals surface area contributed by atoms with Gasteiger partial charge in [0.2, 0.25) is 0 Å². The third kappa shape index (κ3) is 1.98. The lowest BCUT2D eigenvalue weighted by Gasteiger charge is -2.18.